The molecule has 0 amide bonds. The highest BCUT2D eigenvalue weighted by Gasteiger charge is 2.22. The zero-order valence-corrected chi connectivity index (χ0v) is 30.6. The van der Waals surface area contributed by atoms with Gasteiger partial charge in [-0.1, -0.05) is 121 Å². The minimum Gasteiger partial charge on any atom is -0.309 e. The maximum Gasteiger partial charge on any atom is 0.221 e. The summed E-state index contributed by atoms with van der Waals surface area (Å²) in [7, 11) is 0. The van der Waals surface area contributed by atoms with E-state index in [0.29, 0.717) is 0 Å². The Kier molecular flexibility index (Phi) is 6.10. The normalized spacial score (nSPS) is 12.2. The molecule has 0 fully saturated rings. The summed E-state index contributed by atoms with van der Waals surface area (Å²) in [6.45, 7) is 0. The molecule has 4 aromatic heterocycles. The molecule has 9 aromatic carbocycles. The first-order valence-electron chi connectivity index (χ1n) is 19.4. The lowest BCUT2D eigenvalue weighted by Gasteiger charge is -2.13. The number of nitrogens with zero attached hydrogens (tertiary/aromatic N) is 5. The van der Waals surface area contributed by atoms with Crippen LogP contribution in [0.2, 0.25) is 0 Å². The number of fused-ring (bicyclic) bond motifs is 15. The Morgan fingerprint density at radius 2 is 0.930 bits per heavy atom. The van der Waals surface area contributed by atoms with E-state index in [4.69, 9.17) is 9.97 Å². The zero-order valence-electron chi connectivity index (χ0n) is 30.6. The second-order valence-electron chi connectivity index (χ2n) is 15.0. The van der Waals surface area contributed by atoms with Crippen LogP contribution < -0.4 is 0 Å². The largest absolute Gasteiger partial charge is 0.309 e. The van der Waals surface area contributed by atoms with Gasteiger partial charge in [-0.15, -0.1) is 0 Å². The van der Waals surface area contributed by atoms with Gasteiger partial charge in [0.05, 0.1) is 38.6 Å². The molecule has 0 aliphatic heterocycles. The van der Waals surface area contributed by atoms with Crippen LogP contribution in [0.3, 0.4) is 0 Å². The second-order valence-corrected chi connectivity index (χ2v) is 15.0. The van der Waals surface area contributed by atoms with E-state index in [9.17, 15) is 0 Å². The molecule has 0 spiro atoms. The monoisotopic (exact) mass is 725 g/mol. The summed E-state index contributed by atoms with van der Waals surface area (Å²) in [5.74, 6) is 0.821. The van der Waals surface area contributed by atoms with E-state index >= 15 is 0 Å². The van der Waals surface area contributed by atoms with Crippen LogP contribution in [0.1, 0.15) is 0 Å². The summed E-state index contributed by atoms with van der Waals surface area (Å²) in [4.78, 5) is 10.6. The predicted molar refractivity (Wildman–Crippen MR) is 237 cm³/mol. The van der Waals surface area contributed by atoms with E-state index in [-0.39, 0.29) is 0 Å². The van der Waals surface area contributed by atoms with Crippen molar-refractivity contribution in [2.24, 2.45) is 0 Å². The van der Waals surface area contributed by atoms with Crippen LogP contribution in [0, 0.1) is 0 Å². The van der Waals surface area contributed by atoms with Crippen molar-refractivity contribution in [3.05, 3.63) is 188 Å². The fourth-order valence-electron chi connectivity index (χ4n) is 9.48. The highest BCUT2D eigenvalue weighted by Crippen LogP contribution is 2.42. The zero-order chi connectivity index (χ0) is 37.2. The van der Waals surface area contributed by atoms with E-state index in [1.807, 2.05) is 0 Å². The molecule has 264 valence electrons. The lowest BCUT2D eigenvalue weighted by molar-refractivity contribution is 0.980. The summed E-state index contributed by atoms with van der Waals surface area (Å²) in [6, 6.07) is 67.8. The van der Waals surface area contributed by atoms with Crippen LogP contribution >= 0.6 is 0 Å². The van der Waals surface area contributed by atoms with Crippen molar-refractivity contribution in [3.8, 4) is 22.8 Å². The van der Waals surface area contributed by atoms with Crippen molar-refractivity contribution in [1.82, 2.24) is 23.5 Å². The predicted octanol–water partition coefficient (Wildman–Crippen LogP) is 13.2. The van der Waals surface area contributed by atoms with E-state index in [0.717, 1.165) is 55.8 Å². The smallest absolute Gasteiger partial charge is 0.221 e. The molecule has 0 bridgehead atoms. The Morgan fingerprint density at radius 1 is 0.333 bits per heavy atom. The summed E-state index contributed by atoms with van der Waals surface area (Å²) in [5.41, 5.74) is 11.9. The highest BCUT2D eigenvalue weighted by atomic mass is 15.2. The molecule has 0 N–H and O–H groups in total. The molecular weight excluding hydrogens is 695 g/mol. The average Bonchev–Trinajstić information content (AvgIpc) is 3.94. The highest BCUT2D eigenvalue weighted by molar-refractivity contribution is 6.23. The average molecular weight is 726 g/mol. The van der Waals surface area contributed by atoms with Gasteiger partial charge in [0.15, 0.2) is 0 Å². The molecule has 5 nitrogen and oxygen atoms in total. The molecule has 0 atom stereocenters. The molecule has 5 heteroatoms. The molecule has 0 radical (unpaired) electrons. The van der Waals surface area contributed by atoms with Gasteiger partial charge in [-0.3, -0.25) is 8.97 Å². The van der Waals surface area contributed by atoms with E-state index < -0.39 is 0 Å². The Hall–Kier alpha value is -7.76. The maximum absolute atomic E-state index is 5.43. The number of aromatic nitrogens is 5. The summed E-state index contributed by atoms with van der Waals surface area (Å²) in [5, 5.41) is 10.9. The fourth-order valence-corrected chi connectivity index (χ4v) is 9.48. The van der Waals surface area contributed by atoms with Crippen molar-refractivity contribution in [2.45, 2.75) is 0 Å². The van der Waals surface area contributed by atoms with Gasteiger partial charge in [0, 0.05) is 32.6 Å². The summed E-state index contributed by atoms with van der Waals surface area (Å²) >= 11 is 0. The van der Waals surface area contributed by atoms with E-state index in [1.165, 1.54) is 59.7 Å². The quantitative estimate of drug-likeness (QED) is 0.182. The lowest BCUT2D eigenvalue weighted by atomic mass is 9.98. The van der Waals surface area contributed by atoms with Gasteiger partial charge >= 0.3 is 0 Å². The summed E-state index contributed by atoms with van der Waals surface area (Å²) in [6.07, 6.45) is 0. The van der Waals surface area contributed by atoms with Crippen LogP contribution in [0.25, 0.3) is 116 Å². The fraction of sp³-hybridized carbons (Fsp3) is 0. The molecule has 13 rings (SSSR count). The van der Waals surface area contributed by atoms with Crippen LogP contribution in [0.4, 0.5) is 0 Å². The van der Waals surface area contributed by atoms with Gasteiger partial charge in [-0.2, -0.15) is 0 Å². The van der Waals surface area contributed by atoms with Gasteiger partial charge in [-0.25, -0.2) is 9.97 Å². The lowest BCUT2D eigenvalue weighted by Crippen LogP contribution is -2.06. The second kappa shape index (κ2) is 11.4. The standard InChI is InChI=1S/C52H31N5/c1-2-14-36(15-3-1)55-46-28-23-32-12-4-6-16-37(32)49(46)40-26-22-35(31-48(40)55)34-25-27-44-41(30-34)50-38-17-7-5-13-33(38)24-29-47(50)56(44)52-54-42-19-9-8-18-39(42)51-53-43-20-10-11-21-45(43)57(51)52/h1-31H. The van der Waals surface area contributed by atoms with Crippen molar-refractivity contribution in [3.63, 3.8) is 0 Å². The molecule has 0 aliphatic carbocycles. The molecule has 0 saturated carbocycles. The summed E-state index contributed by atoms with van der Waals surface area (Å²) < 4.78 is 7.00. The van der Waals surface area contributed by atoms with E-state index in [1.54, 1.807) is 0 Å². The Labute approximate surface area is 325 Å². The third-order valence-electron chi connectivity index (χ3n) is 12.0. The topological polar surface area (TPSA) is 40.0 Å². The Bertz CT molecular complexity index is 3810. The first-order valence-corrected chi connectivity index (χ1v) is 19.4. The SMILES string of the molecule is c1ccc(-n2c3cc(-c4ccc5c(c4)c4c6ccccc6ccc4n5-c4nc5ccccc5c5nc6ccccc6n45)ccc3c3c4ccccc4ccc32)cc1. The van der Waals surface area contributed by atoms with Gasteiger partial charge < -0.3 is 4.57 Å². The van der Waals surface area contributed by atoms with Crippen LogP contribution in [0.15, 0.2) is 188 Å². The van der Waals surface area contributed by atoms with Crippen molar-refractivity contribution in [1.29, 1.82) is 0 Å². The first-order chi connectivity index (χ1) is 28.3. The molecule has 13 aromatic rings. The van der Waals surface area contributed by atoms with Gasteiger partial charge in [-0.05, 0) is 99.4 Å². The number of para-hydroxylation sites is 4. The van der Waals surface area contributed by atoms with Gasteiger partial charge in [0.2, 0.25) is 5.95 Å². The number of hydrogen-bond donors (Lipinski definition) is 0. The number of imidazole rings is 1. The molecule has 4 heterocycles. The number of benzene rings is 9. The Balaban J connectivity index is 1.12. The van der Waals surface area contributed by atoms with Crippen molar-refractivity contribution < 1.29 is 0 Å². The van der Waals surface area contributed by atoms with Crippen LogP contribution in [-0.2, 0) is 0 Å². The van der Waals surface area contributed by atoms with Gasteiger partial charge in [0.25, 0.3) is 0 Å². The molecular formula is C52H31N5. The molecule has 0 saturated heterocycles. The third-order valence-corrected chi connectivity index (χ3v) is 12.0. The van der Waals surface area contributed by atoms with Crippen LogP contribution in [0.5, 0.6) is 0 Å². The van der Waals surface area contributed by atoms with Crippen molar-refractivity contribution in [2.75, 3.05) is 0 Å². The first kappa shape index (κ1) is 30.6. The molecule has 57 heavy (non-hydrogen) atoms. The minimum absolute atomic E-state index is 0.821. The van der Waals surface area contributed by atoms with Gasteiger partial charge in [0.1, 0.15) is 5.65 Å². The minimum atomic E-state index is 0.821. The Morgan fingerprint density at radius 3 is 1.72 bits per heavy atom. The maximum atomic E-state index is 5.43. The third kappa shape index (κ3) is 4.23. The number of hydrogen-bond acceptors (Lipinski definition) is 2. The van der Waals surface area contributed by atoms with E-state index in [2.05, 4.69) is 202 Å². The molecule has 0 unspecified atom stereocenters. The van der Waals surface area contributed by atoms with Crippen LogP contribution in [-0.4, -0.2) is 23.5 Å². The molecule has 0 aliphatic rings. The number of rotatable bonds is 3. The van der Waals surface area contributed by atoms with Crippen molar-refractivity contribution >= 4 is 92.7 Å².